The summed E-state index contributed by atoms with van der Waals surface area (Å²) in [5.74, 6) is -1.22. The zero-order valence-electron chi connectivity index (χ0n) is 20.4. The third kappa shape index (κ3) is 6.07. The highest BCUT2D eigenvalue weighted by molar-refractivity contribution is 6.02. The van der Waals surface area contributed by atoms with E-state index >= 15 is 0 Å². The van der Waals surface area contributed by atoms with Gasteiger partial charge in [-0.05, 0) is 48.7 Å². The molecule has 8 heteroatoms. The predicted octanol–water partition coefficient (Wildman–Crippen LogP) is 5.29. The first kappa shape index (κ1) is 26.0. The summed E-state index contributed by atoms with van der Waals surface area (Å²) in [6, 6.07) is 23.7. The number of carboxylic acid groups (broad SMARTS) is 1. The van der Waals surface area contributed by atoms with Crippen molar-refractivity contribution in [3.8, 4) is 23.2 Å². The molecule has 0 saturated carbocycles. The minimum Gasteiger partial charge on any atom is -0.481 e. The lowest BCUT2D eigenvalue weighted by molar-refractivity contribution is -0.134. The van der Waals surface area contributed by atoms with E-state index in [1.165, 1.54) is 0 Å². The number of para-hydroxylation sites is 1. The summed E-state index contributed by atoms with van der Waals surface area (Å²) in [5, 5.41) is 16.8. The van der Waals surface area contributed by atoms with Gasteiger partial charge in [-0.3, -0.25) is 9.36 Å². The average Bonchev–Trinajstić information content (AvgIpc) is 3.21. The van der Waals surface area contributed by atoms with Crippen LogP contribution in [0.25, 0.3) is 22.2 Å². The minimum absolute atomic E-state index is 0.299. The van der Waals surface area contributed by atoms with E-state index in [9.17, 15) is 10.1 Å². The summed E-state index contributed by atoms with van der Waals surface area (Å²) >= 11 is 0. The maximum absolute atomic E-state index is 12.6. The van der Waals surface area contributed by atoms with Crippen molar-refractivity contribution in [3.05, 3.63) is 83.4 Å². The van der Waals surface area contributed by atoms with Gasteiger partial charge in [-0.2, -0.15) is 10.2 Å². The standard InChI is InChI=1S/C26H23N3O3.C2H4O2/c1-3-31-25(30)22-10-7-11-23-24(22)29(26(28-23)32-4-2)17-18-12-14-19(15-13-18)21-9-6-5-8-20(21)16-27;1-2(3)4/h5-15H,3-4,17H2,1-2H3;1H3,(H,3,4). The molecule has 0 radical (unpaired) electrons. The Labute approximate surface area is 209 Å². The Morgan fingerprint density at radius 2 is 1.69 bits per heavy atom. The molecular formula is C28H27N3O5. The van der Waals surface area contributed by atoms with Gasteiger partial charge in [0.1, 0.15) is 0 Å². The Balaban J connectivity index is 0.000000840. The van der Waals surface area contributed by atoms with Gasteiger partial charge in [0.15, 0.2) is 0 Å². The van der Waals surface area contributed by atoms with Gasteiger partial charge in [0.2, 0.25) is 0 Å². The van der Waals surface area contributed by atoms with Gasteiger partial charge in [-0.25, -0.2) is 4.79 Å². The number of esters is 1. The molecule has 0 fully saturated rings. The molecule has 4 aromatic rings. The monoisotopic (exact) mass is 485 g/mol. The van der Waals surface area contributed by atoms with E-state index in [2.05, 4.69) is 11.1 Å². The molecule has 0 saturated heterocycles. The largest absolute Gasteiger partial charge is 0.481 e. The number of benzene rings is 3. The van der Waals surface area contributed by atoms with E-state index in [-0.39, 0.29) is 5.97 Å². The lowest BCUT2D eigenvalue weighted by atomic mass is 9.99. The van der Waals surface area contributed by atoms with Gasteiger partial charge < -0.3 is 14.6 Å². The summed E-state index contributed by atoms with van der Waals surface area (Å²) in [6.07, 6.45) is 0. The molecule has 1 aromatic heterocycles. The normalized spacial score (nSPS) is 10.2. The molecule has 1 heterocycles. The molecule has 4 rings (SSSR count). The van der Waals surface area contributed by atoms with Crippen LogP contribution in [0.4, 0.5) is 0 Å². The van der Waals surface area contributed by atoms with Gasteiger partial charge in [-0.1, -0.05) is 48.5 Å². The van der Waals surface area contributed by atoms with Gasteiger partial charge in [-0.15, -0.1) is 0 Å². The number of nitrogens with zero attached hydrogens (tertiary/aromatic N) is 3. The first-order valence-corrected chi connectivity index (χ1v) is 11.5. The van der Waals surface area contributed by atoms with Crippen molar-refractivity contribution in [1.82, 2.24) is 9.55 Å². The zero-order valence-corrected chi connectivity index (χ0v) is 20.4. The number of nitriles is 1. The highest BCUT2D eigenvalue weighted by Gasteiger charge is 2.20. The Kier molecular flexibility index (Phi) is 8.79. The van der Waals surface area contributed by atoms with Crippen molar-refractivity contribution >= 4 is 23.0 Å². The fourth-order valence-electron chi connectivity index (χ4n) is 3.73. The topological polar surface area (TPSA) is 114 Å². The van der Waals surface area contributed by atoms with Crippen LogP contribution in [0.5, 0.6) is 6.01 Å². The molecule has 184 valence electrons. The van der Waals surface area contributed by atoms with Crippen LogP contribution < -0.4 is 4.74 Å². The van der Waals surface area contributed by atoms with E-state index in [4.69, 9.17) is 19.4 Å². The van der Waals surface area contributed by atoms with Crippen LogP contribution in [0.15, 0.2) is 66.7 Å². The van der Waals surface area contributed by atoms with Crippen molar-refractivity contribution in [2.24, 2.45) is 0 Å². The maximum atomic E-state index is 12.6. The lowest BCUT2D eigenvalue weighted by Gasteiger charge is -2.12. The zero-order chi connectivity index (χ0) is 26.1. The summed E-state index contributed by atoms with van der Waals surface area (Å²) in [4.78, 5) is 26.1. The summed E-state index contributed by atoms with van der Waals surface area (Å²) < 4.78 is 12.9. The molecule has 8 nitrogen and oxygen atoms in total. The highest BCUT2D eigenvalue weighted by Crippen LogP contribution is 2.28. The van der Waals surface area contributed by atoms with Crippen molar-refractivity contribution < 1.29 is 24.2 Å². The van der Waals surface area contributed by atoms with Crippen LogP contribution in [-0.4, -0.2) is 39.8 Å². The van der Waals surface area contributed by atoms with E-state index in [0.29, 0.717) is 47.9 Å². The van der Waals surface area contributed by atoms with Crippen molar-refractivity contribution in [2.75, 3.05) is 13.2 Å². The van der Waals surface area contributed by atoms with Gasteiger partial charge >= 0.3 is 5.97 Å². The Morgan fingerprint density at radius 3 is 2.33 bits per heavy atom. The summed E-state index contributed by atoms with van der Waals surface area (Å²) in [6.45, 7) is 6.00. The molecule has 0 aliphatic rings. The average molecular weight is 486 g/mol. The van der Waals surface area contributed by atoms with Crippen molar-refractivity contribution in [1.29, 1.82) is 5.26 Å². The number of ether oxygens (including phenoxy) is 2. The summed E-state index contributed by atoms with van der Waals surface area (Å²) in [7, 11) is 0. The fraction of sp³-hybridized carbons (Fsp3) is 0.214. The molecule has 1 N–H and O–H groups in total. The summed E-state index contributed by atoms with van der Waals surface area (Å²) in [5.41, 5.74) is 5.35. The fourth-order valence-corrected chi connectivity index (χ4v) is 3.73. The Hall–Kier alpha value is -4.64. The number of carboxylic acids is 1. The van der Waals surface area contributed by atoms with Crippen LogP contribution in [0.3, 0.4) is 0 Å². The first-order chi connectivity index (χ1) is 17.4. The first-order valence-electron chi connectivity index (χ1n) is 11.5. The van der Waals surface area contributed by atoms with Crippen LogP contribution >= 0.6 is 0 Å². The molecule has 0 aliphatic carbocycles. The van der Waals surface area contributed by atoms with E-state index in [1.54, 1.807) is 19.1 Å². The number of hydrogen-bond acceptors (Lipinski definition) is 6. The second kappa shape index (κ2) is 12.2. The quantitative estimate of drug-likeness (QED) is 0.354. The van der Waals surface area contributed by atoms with Gasteiger partial charge in [0, 0.05) is 6.92 Å². The van der Waals surface area contributed by atoms with Crippen molar-refractivity contribution in [2.45, 2.75) is 27.3 Å². The number of aliphatic carboxylic acids is 1. The van der Waals surface area contributed by atoms with E-state index in [1.807, 2.05) is 66.1 Å². The van der Waals surface area contributed by atoms with Crippen LogP contribution in [0.1, 0.15) is 42.3 Å². The molecule has 0 amide bonds. The molecule has 36 heavy (non-hydrogen) atoms. The van der Waals surface area contributed by atoms with Crippen LogP contribution in [0, 0.1) is 11.3 Å². The third-order valence-electron chi connectivity index (χ3n) is 5.15. The number of hydrogen-bond donors (Lipinski definition) is 1. The Bertz CT molecular complexity index is 1400. The molecule has 0 bridgehead atoms. The predicted molar refractivity (Wildman–Crippen MR) is 136 cm³/mol. The molecule has 0 spiro atoms. The SMILES string of the molecule is CC(=O)O.CCOC(=O)c1cccc2nc(OCC)n(Cc3ccc(-c4ccccc4C#N)cc3)c12. The maximum Gasteiger partial charge on any atom is 0.340 e. The number of fused-ring (bicyclic) bond motifs is 1. The Morgan fingerprint density at radius 1 is 1.00 bits per heavy atom. The highest BCUT2D eigenvalue weighted by atomic mass is 16.5. The molecule has 0 atom stereocenters. The van der Waals surface area contributed by atoms with Crippen LogP contribution in [0.2, 0.25) is 0 Å². The lowest BCUT2D eigenvalue weighted by Crippen LogP contribution is -2.10. The third-order valence-corrected chi connectivity index (χ3v) is 5.15. The number of imidazole rings is 1. The number of aromatic nitrogens is 2. The van der Waals surface area contributed by atoms with Crippen molar-refractivity contribution in [3.63, 3.8) is 0 Å². The van der Waals surface area contributed by atoms with E-state index in [0.717, 1.165) is 23.6 Å². The molecule has 3 aromatic carbocycles. The van der Waals surface area contributed by atoms with Gasteiger partial charge in [0.25, 0.3) is 12.0 Å². The molecule has 0 unspecified atom stereocenters. The van der Waals surface area contributed by atoms with Crippen LogP contribution in [-0.2, 0) is 16.1 Å². The minimum atomic E-state index is -0.833. The molecule has 0 aliphatic heterocycles. The van der Waals surface area contributed by atoms with Gasteiger partial charge in [0.05, 0.1) is 48.0 Å². The second-order valence-corrected chi connectivity index (χ2v) is 7.68. The second-order valence-electron chi connectivity index (χ2n) is 7.68. The number of carbonyl (C=O) groups is 2. The number of carbonyl (C=O) groups excluding carboxylic acids is 1. The van der Waals surface area contributed by atoms with E-state index < -0.39 is 5.97 Å². The smallest absolute Gasteiger partial charge is 0.340 e. The molecular weight excluding hydrogens is 458 g/mol. The number of rotatable bonds is 7.